The van der Waals surface area contributed by atoms with Crippen molar-refractivity contribution in [2.75, 3.05) is 72.8 Å². The summed E-state index contributed by atoms with van der Waals surface area (Å²) in [6, 6.07) is 7.19. The van der Waals surface area contributed by atoms with Crippen molar-refractivity contribution in [1.82, 2.24) is 29.7 Å². The van der Waals surface area contributed by atoms with Crippen LogP contribution >= 0.6 is 34.5 Å². The molecule has 3 aromatic carbocycles. The van der Waals surface area contributed by atoms with Gasteiger partial charge in [-0.25, -0.2) is 29.1 Å². The number of fused-ring (bicyclic) bond motifs is 5. The van der Waals surface area contributed by atoms with E-state index in [1.165, 1.54) is 17.5 Å². The Kier molecular flexibility index (Phi) is 12.9. The number of aromatic nitrogens is 4. The highest BCUT2D eigenvalue weighted by molar-refractivity contribution is 7.26. The van der Waals surface area contributed by atoms with Crippen LogP contribution in [0.2, 0.25) is 10.0 Å². The highest BCUT2D eigenvalue weighted by atomic mass is 35.5. The molecule has 378 valence electrons. The van der Waals surface area contributed by atoms with E-state index >= 15 is 4.39 Å². The minimum atomic E-state index is -1.51. The molecule has 2 saturated heterocycles. The molecule has 2 unspecified atom stereocenters. The minimum Gasteiger partial charge on any atom is -0.487 e. The third-order valence-corrected chi connectivity index (χ3v) is 17.1. The fraction of sp³-hybridized carbons (Fsp3) is 0.491. The topological polar surface area (TPSA) is 160 Å². The number of thiophene rings is 1. The largest absolute Gasteiger partial charge is 0.487 e. The van der Waals surface area contributed by atoms with Crippen LogP contribution in [0.5, 0.6) is 23.1 Å². The zero-order valence-electron chi connectivity index (χ0n) is 40.1. The van der Waals surface area contributed by atoms with Gasteiger partial charge in [0.05, 0.1) is 54.2 Å². The Hall–Kier alpha value is -4.98. The second-order valence-corrected chi connectivity index (χ2v) is 21.9. The number of carboxylic acids is 1. The number of hydrogen-bond donors (Lipinski definition) is 1. The summed E-state index contributed by atoms with van der Waals surface area (Å²) in [7, 11) is 2.13. The van der Waals surface area contributed by atoms with Crippen molar-refractivity contribution in [3.05, 3.63) is 86.7 Å². The number of likely N-dealkylation sites (N-methyl/N-ethyl adjacent to an activating group) is 1. The normalized spacial score (nSPS) is 25.6. The molecule has 4 aliphatic heterocycles. The summed E-state index contributed by atoms with van der Waals surface area (Å²) in [6.45, 7) is 7.98. The lowest BCUT2D eigenvalue weighted by Crippen LogP contribution is -2.49. The van der Waals surface area contributed by atoms with Gasteiger partial charge < -0.3 is 43.2 Å². The van der Waals surface area contributed by atoms with Crippen molar-refractivity contribution in [2.45, 2.75) is 94.5 Å². The van der Waals surface area contributed by atoms with Crippen molar-refractivity contribution >= 4 is 77.2 Å². The predicted molar refractivity (Wildman–Crippen MR) is 271 cm³/mol. The van der Waals surface area contributed by atoms with E-state index in [2.05, 4.69) is 26.8 Å². The Bertz CT molecular complexity index is 3150. The SMILES string of the molecule is Cc1c(Cl)c2c(Cl)c3c4c(c5sc6ncnc(c6c5c13)O[C@@H](C(=O)O)Cc1cc(ccc1OCc1ccnc(C3=CC[C@@](F)(COC[C@@H]5COCCO5)CC3)n1)OC1CC1(CN1CCN(C)CC1)O2)CCC4. The van der Waals surface area contributed by atoms with E-state index in [1.807, 2.05) is 25.1 Å². The van der Waals surface area contributed by atoms with Crippen LogP contribution in [0.15, 0.2) is 42.9 Å². The number of nitrogens with zero attached hydrogens (tertiary/aromatic N) is 6. The molecule has 0 amide bonds. The number of rotatable bonds is 11. The number of alkyl halides is 1. The van der Waals surface area contributed by atoms with E-state index in [9.17, 15) is 9.90 Å². The van der Waals surface area contributed by atoms with Gasteiger partial charge in [0.15, 0.2) is 17.2 Å². The zero-order chi connectivity index (χ0) is 49.3. The van der Waals surface area contributed by atoms with Crippen LogP contribution < -0.4 is 18.9 Å². The van der Waals surface area contributed by atoms with Gasteiger partial charge in [0.2, 0.25) is 12.0 Å². The third kappa shape index (κ3) is 9.11. The third-order valence-electron chi connectivity index (χ3n) is 15.1. The second kappa shape index (κ2) is 19.4. The molecule has 5 atom stereocenters. The number of hydrogen-bond acceptors (Lipinski definition) is 15. The van der Waals surface area contributed by atoms with Crippen LogP contribution in [-0.4, -0.2) is 143 Å². The molecular formula is C53H55Cl2FN6O9S. The van der Waals surface area contributed by atoms with E-state index < -0.39 is 23.3 Å². The number of aryl methyl sites for hydroxylation is 3. The molecule has 15 nitrogen and oxygen atoms in total. The van der Waals surface area contributed by atoms with E-state index in [-0.39, 0.29) is 57.2 Å². The molecule has 1 saturated carbocycles. The molecule has 72 heavy (non-hydrogen) atoms. The fourth-order valence-corrected chi connectivity index (χ4v) is 12.9. The molecule has 3 aliphatic carbocycles. The first-order valence-corrected chi connectivity index (χ1v) is 26.4. The molecule has 13 rings (SSSR count). The van der Waals surface area contributed by atoms with Gasteiger partial charge in [-0.2, -0.15) is 0 Å². The second-order valence-electron chi connectivity index (χ2n) is 20.1. The molecule has 7 heterocycles. The number of piperazine rings is 1. The van der Waals surface area contributed by atoms with Crippen LogP contribution in [0.4, 0.5) is 4.39 Å². The van der Waals surface area contributed by atoms with Crippen molar-refractivity contribution in [3.63, 3.8) is 0 Å². The number of allylic oxidation sites excluding steroid dienone is 2. The molecule has 0 radical (unpaired) electrons. The van der Waals surface area contributed by atoms with E-state index in [0.717, 1.165) is 77.4 Å². The van der Waals surface area contributed by atoms with Crippen LogP contribution in [0.25, 0.3) is 36.6 Å². The van der Waals surface area contributed by atoms with Gasteiger partial charge in [0.25, 0.3) is 0 Å². The number of carbonyl (C=O) groups is 1. The molecule has 3 aromatic heterocycles. The summed E-state index contributed by atoms with van der Waals surface area (Å²) >= 11 is 16.6. The van der Waals surface area contributed by atoms with Crippen LogP contribution in [0.1, 0.15) is 65.9 Å². The molecule has 6 aromatic rings. The molecule has 19 heteroatoms. The number of aliphatic carboxylic acids is 1. The number of carboxylic acid groups (broad SMARTS) is 1. The quantitative estimate of drug-likeness (QED) is 0.131. The first-order chi connectivity index (χ1) is 34.9. The van der Waals surface area contributed by atoms with Crippen LogP contribution in [-0.2, 0) is 44.9 Å². The molecule has 1 N–H and O–H groups in total. The summed E-state index contributed by atoms with van der Waals surface area (Å²) in [5.74, 6) is 0.828. The van der Waals surface area contributed by atoms with Crippen molar-refractivity contribution in [2.24, 2.45) is 0 Å². The summed E-state index contributed by atoms with van der Waals surface area (Å²) in [5.41, 5.74) is 2.84. The van der Waals surface area contributed by atoms with Crippen molar-refractivity contribution in [3.8, 4) is 23.1 Å². The average molecular weight is 1040 g/mol. The lowest BCUT2D eigenvalue weighted by Gasteiger charge is -2.35. The summed E-state index contributed by atoms with van der Waals surface area (Å²) in [6.07, 6.45) is 6.95. The lowest BCUT2D eigenvalue weighted by molar-refractivity contribution is -0.145. The Morgan fingerprint density at radius 2 is 1.86 bits per heavy atom. The number of ether oxygens (including phenoxy) is 7. The Balaban J connectivity index is 0.881. The van der Waals surface area contributed by atoms with Gasteiger partial charge in [-0.1, -0.05) is 29.3 Å². The zero-order valence-corrected chi connectivity index (χ0v) is 42.5. The maximum Gasteiger partial charge on any atom is 0.345 e. The molecule has 6 bridgehead atoms. The monoisotopic (exact) mass is 1040 g/mol. The summed E-state index contributed by atoms with van der Waals surface area (Å²) < 4.78 is 60.8. The first kappa shape index (κ1) is 48.0. The van der Waals surface area contributed by atoms with Gasteiger partial charge in [0.1, 0.15) is 47.1 Å². The van der Waals surface area contributed by atoms with Crippen molar-refractivity contribution < 1.29 is 47.4 Å². The highest BCUT2D eigenvalue weighted by Crippen LogP contribution is 2.56. The van der Waals surface area contributed by atoms with Crippen LogP contribution in [0.3, 0.4) is 0 Å². The fourth-order valence-electron chi connectivity index (χ4n) is 11.1. The Morgan fingerprint density at radius 3 is 2.67 bits per heavy atom. The molecule has 7 aliphatic rings. The molecular weight excluding hydrogens is 987 g/mol. The van der Waals surface area contributed by atoms with Gasteiger partial charge in [0, 0.05) is 79.2 Å². The van der Waals surface area contributed by atoms with Crippen LogP contribution in [0, 0.1) is 6.92 Å². The smallest absolute Gasteiger partial charge is 0.345 e. The van der Waals surface area contributed by atoms with Gasteiger partial charge in [-0.15, -0.1) is 11.3 Å². The highest BCUT2D eigenvalue weighted by Gasteiger charge is 2.61. The lowest BCUT2D eigenvalue weighted by atomic mass is 9.87. The summed E-state index contributed by atoms with van der Waals surface area (Å²) in [4.78, 5) is 37.5. The first-order valence-electron chi connectivity index (χ1n) is 24.8. The average Bonchev–Trinajstić information content (AvgIpc) is 3.64. The standard InChI is InChI=1S/C53H55Cl2FN6O9S/c1-29-40-41-35-4-3-5-36(35)47-42(40)43-49(58-28-59-50(43)72-47)70-38(51(63)64)21-31-20-33(69-39-22-53(39,71-46(44(29)54)45(41)55)26-62-16-14-61(2)15-17-62)6-7-37(31)68-23-32-10-13-57-48(60-32)30-8-11-52(56,12-9-30)27-66-25-34-24-65-18-19-67-34/h6-8,10,13,20,28,34,38-39H,3-5,9,11-12,14-19,21-27H2,1-2H3,(H,63,64)/t34-,38+,39?,52-,53?/m0/s1. The maximum absolute atomic E-state index is 15.8. The minimum absolute atomic E-state index is 0.0336. The van der Waals surface area contributed by atoms with Gasteiger partial charge >= 0.3 is 5.97 Å². The maximum atomic E-state index is 15.8. The molecule has 0 spiro atoms. The van der Waals surface area contributed by atoms with Gasteiger partial charge in [-0.3, -0.25) is 4.90 Å². The van der Waals surface area contributed by atoms with Crippen molar-refractivity contribution in [1.29, 1.82) is 0 Å². The van der Waals surface area contributed by atoms with E-state index in [1.54, 1.807) is 29.7 Å². The number of benzene rings is 3. The Morgan fingerprint density at radius 1 is 1.00 bits per heavy atom. The van der Waals surface area contributed by atoms with E-state index in [4.69, 9.17) is 66.3 Å². The summed E-state index contributed by atoms with van der Waals surface area (Å²) in [5, 5.41) is 15.0. The number of halogens is 3. The Labute approximate surface area is 429 Å². The molecule has 3 fully saturated rings. The van der Waals surface area contributed by atoms with E-state index in [0.29, 0.717) is 93.8 Å². The van der Waals surface area contributed by atoms with Gasteiger partial charge in [-0.05, 0) is 98.0 Å². The predicted octanol–water partition coefficient (Wildman–Crippen LogP) is 8.78.